The summed E-state index contributed by atoms with van der Waals surface area (Å²) in [4.78, 5) is 41.7. The monoisotopic (exact) mass is 499 g/mol. The van der Waals surface area contributed by atoms with Gasteiger partial charge < -0.3 is 15.4 Å². The molecule has 0 fully saturated rings. The van der Waals surface area contributed by atoms with Crippen molar-refractivity contribution in [1.29, 1.82) is 0 Å². The first kappa shape index (κ1) is 25.4. The Morgan fingerprint density at radius 3 is 2.44 bits per heavy atom. The Hall–Kier alpha value is -3.20. The molecule has 0 unspecified atom stereocenters. The van der Waals surface area contributed by atoms with Crippen LogP contribution in [0, 0.1) is 0 Å². The van der Waals surface area contributed by atoms with Crippen LogP contribution in [0.2, 0.25) is 0 Å². The number of ether oxygens (including phenoxy) is 1. The van der Waals surface area contributed by atoms with E-state index >= 15 is 0 Å². The van der Waals surface area contributed by atoms with Gasteiger partial charge in [-0.2, -0.15) is 0 Å². The number of para-hydroxylation sites is 1. The molecule has 0 radical (unpaired) electrons. The lowest BCUT2D eigenvalue weighted by Crippen LogP contribution is -2.28. The molecule has 2 N–H and O–H groups in total. The Labute approximate surface area is 207 Å². The number of aromatic nitrogens is 1. The van der Waals surface area contributed by atoms with E-state index in [1.807, 2.05) is 30.3 Å². The highest BCUT2D eigenvalue weighted by atomic mass is 35.5. The van der Waals surface area contributed by atoms with E-state index < -0.39 is 0 Å². The quantitative estimate of drug-likeness (QED) is 0.370. The van der Waals surface area contributed by atoms with Gasteiger partial charge in [0.2, 0.25) is 0 Å². The lowest BCUT2D eigenvalue weighted by atomic mass is 10.1. The molecule has 0 aliphatic rings. The number of halogens is 1. The maximum absolute atomic E-state index is 13.7. The summed E-state index contributed by atoms with van der Waals surface area (Å²) in [6.45, 7) is 0.868. The second-order valence-electron chi connectivity index (χ2n) is 7.74. The van der Waals surface area contributed by atoms with Gasteiger partial charge >= 0.3 is 0 Å². The summed E-state index contributed by atoms with van der Waals surface area (Å²) in [6.07, 6.45) is 0.673. The van der Waals surface area contributed by atoms with Crippen LogP contribution in [0.4, 0.5) is 0 Å². The molecule has 1 amide bonds. The zero-order chi connectivity index (χ0) is 23.5. The molecule has 0 aliphatic carbocycles. The van der Waals surface area contributed by atoms with Crippen LogP contribution in [0.1, 0.15) is 26.5 Å². The van der Waals surface area contributed by atoms with Crippen molar-refractivity contribution in [2.75, 3.05) is 27.2 Å². The number of carbonyl (C=O) groups excluding carboxylic acids is 2. The van der Waals surface area contributed by atoms with E-state index in [1.165, 1.54) is 23.0 Å². The van der Waals surface area contributed by atoms with Crippen LogP contribution in [0.3, 0.4) is 0 Å². The molecule has 0 saturated heterocycles. The third-order valence-corrected chi connectivity index (χ3v) is 6.80. The largest absolute Gasteiger partial charge is 0.494 e. The third-order valence-electron chi connectivity index (χ3n) is 5.60. The molecule has 0 aliphatic heterocycles. The van der Waals surface area contributed by atoms with Gasteiger partial charge in [0.05, 0.1) is 23.9 Å². The second kappa shape index (κ2) is 10.8. The Bertz CT molecular complexity index is 1400. The average molecular weight is 500 g/mol. The molecule has 2 aromatic heterocycles. The van der Waals surface area contributed by atoms with E-state index in [2.05, 4.69) is 0 Å². The molecule has 34 heavy (non-hydrogen) atoms. The van der Waals surface area contributed by atoms with Crippen molar-refractivity contribution in [3.8, 4) is 5.75 Å². The minimum atomic E-state index is -0.357. The van der Waals surface area contributed by atoms with Crippen LogP contribution in [0.5, 0.6) is 5.75 Å². The molecule has 2 heterocycles. The number of amides is 1. The number of hydrogen-bond acceptors (Lipinski definition) is 6. The molecular weight excluding hydrogens is 474 g/mol. The van der Waals surface area contributed by atoms with E-state index in [-0.39, 0.29) is 42.0 Å². The van der Waals surface area contributed by atoms with Gasteiger partial charge in [0.1, 0.15) is 10.3 Å². The van der Waals surface area contributed by atoms with Crippen molar-refractivity contribution < 1.29 is 14.3 Å². The van der Waals surface area contributed by atoms with Gasteiger partial charge in [0, 0.05) is 24.5 Å². The molecule has 9 heteroatoms. The summed E-state index contributed by atoms with van der Waals surface area (Å²) in [6, 6.07) is 16.3. The summed E-state index contributed by atoms with van der Waals surface area (Å²) in [5.74, 6) is -0.151. The van der Waals surface area contributed by atoms with Crippen LogP contribution < -0.4 is 16.0 Å². The molecule has 0 saturated carbocycles. The molecule has 4 rings (SSSR count). The maximum Gasteiger partial charge on any atom is 0.267 e. The highest BCUT2D eigenvalue weighted by molar-refractivity contribution is 7.22. The Morgan fingerprint density at radius 1 is 1.09 bits per heavy atom. The maximum atomic E-state index is 13.7. The number of Topliss-reactive ketones (excluding diaryl/α,β-unsaturated/α-hetero) is 1. The summed E-state index contributed by atoms with van der Waals surface area (Å²) in [5, 5.41) is 1.11. The third kappa shape index (κ3) is 4.57. The minimum Gasteiger partial charge on any atom is -0.494 e. The lowest BCUT2D eigenvalue weighted by Gasteiger charge is -2.16. The summed E-state index contributed by atoms with van der Waals surface area (Å²) < 4.78 is 7.73. The first-order valence-electron chi connectivity index (χ1n) is 10.6. The van der Waals surface area contributed by atoms with Gasteiger partial charge in [-0.25, -0.2) is 0 Å². The molecule has 0 spiro atoms. The fourth-order valence-corrected chi connectivity index (χ4v) is 5.19. The number of nitrogens with two attached hydrogens (primary N) is 1. The number of nitrogens with zero attached hydrogens (tertiary/aromatic N) is 2. The van der Waals surface area contributed by atoms with E-state index in [0.29, 0.717) is 45.6 Å². The summed E-state index contributed by atoms with van der Waals surface area (Å²) >= 11 is 1.24. The van der Waals surface area contributed by atoms with E-state index in [9.17, 15) is 14.4 Å². The lowest BCUT2D eigenvalue weighted by molar-refractivity contribution is 0.0796. The number of rotatable bonds is 8. The van der Waals surface area contributed by atoms with Crippen LogP contribution in [0.25, 0.3) is 21.0 Å². The Kier molecular flexibility index (Phi) is 8.09. The number of benzene rings is 2. The van der Waals surface area contributed by atoms with Crippen molar-refractivity contribution in [2.45, 2.75) is 13.0 Å². The highest BCUT2D eigenvalue weighted by Gasteiger charge is 2.27. The van der Waals surface area contributed by atoms with Crippen molar-refractivity contribution in [2.24, 2.45) is 5.73 Å². The Morgan fingerprint density at radius 2 is 1.76 bits per heavy atom. The molecule has 4 aromatic rings. The highest BCUT2D eigenvalue weighted by Crippen LogP contribution is 2.40. The molecule has 178 valence electrons. The van der Waals surface area contributed by atoms with Crippen molar-refractivity contribution in [1.82, 2.24) is 9.47 Å². The smallest absolute Gasteiger partial charge is 0.267 e. The number of ketones is 1. The summed E-state index contributed by atoms with van der Waals surface area (Å²) in [5.41, 5.74) is 6.39. The molecule has 0 bridgehead atoms. The van der Waals surface area contributed by atoms with Gasteiger partial charge in [-0.15, -0.1) is 23.7 Å². The van der Waals surface area contributed by atoms with Crippen LogP contribution in [0.15, 0.2) is 59.4 Å². The predicted molar refractivity (Wildman–Crippen MR) is 139 cm³/mol. The predicted octanol–water partition coefficient (Wildman–Crippen LogP) is 3.95. The minimum absolute atomic E-state index is 0. The number of fused-ring (bicyclic) bond motifs is 3. The van der Waals surface area contributed by atoms with Gasteiger partial charge in [0.15, 0.2) is 11.5 Å². The van der Waals surface area contributed by atoms with Crippen LogP contribution in [-0.2, 0) is 6.54 Å². The van der Waals surface area contributed by atoms with E-state index in [0.717, 1.165) is 5.39 Å². The van der Waals surface area contributed by atoms with E-state index in [1.54, 1.807) is 36.2 Å². The SMILES string of the molecule is COc1c(C(=O)N(C)CCCN)sc2c1c(=O)n(CC(=O)c1ccccc1)c1ccccc21.Cl. The number of pyridine rings is 1. The topological polar surface area (TPSA) is 94.6 Å². The van der Waals surface area contributed by atoms with Crippen molar-refractivity contribution >= 4 is 56.4 Å². The fourth-order valence-electron chi connectivity index (χ4n) is 3.90. The zero-order valence-corrected chi connectivity index (χ0v) is 20.6. The van der Waals surface area contributed by atoms with Crippen LogP contribution >= 0.6 is 23.7 Å². The number of hydrogen-bond donors (Lipinski definition) is 1. The van der Waals surface area contributed by atoms with Gasteiger partial charge in [-0.05, 0) is 19.0 Å². The van der Waals surface area contributed by atoms with Gasteiger partial charge in [-0.1, -0.05) is 48.5 Å². The van der Waals surface area contributed by atoms with Gasteiger partial charge in [0.25, 0.3) is 11.5 Å². The first-order valence-corrected chi connectivity index (χ1v) is 11.4. The van der Waals surface area contributed by atoms with Crippen molar-refractivity contribution in [3.05, 3.63) is 75.4 Å². The Balaban J connectivity index is 0.00000324. The molecule has 7 nitrogen and oxygen atoms in total. The zero-order valence-electron chi connectivity index (χ0n) is 18.9. The fraction of sp³-hybridized carbons (Fsp3) is 0.240. The average Bonchev–Trinajstić information content (AvgIpc) is 3.25. The standard InChI is InChI=1S/C25H25N3O4S.ClH/c1-27(14-8-13-26)25(31)23-21(32-2)20-22(33-23)17-11-6-7-12-18(17)28(24(20)30)15-19(29)16-9-4-3-5-10-16;/h3-7,9-12H,8,13-15,26H2,1-2H3;1H. The molecule has 2 aromatic carbocycles. The number of methoxy groups -OCH3 is 1. The number of thiophene rings is 1. The summed E-state index contributed by atoms with van der Waals surface area (Å²) in [7, 11) is 3.16. The first-order chi connectivity index (χ1) is 16.0. The van der Waals surface area contributed by atoms with Gasteiger partial charge in [-0.3, -0.25) is 19.0 Å². The van der Waals surface area contributed by atoms with Crippen molar-refractivity contribution in [3.63, 3.8) is 0 Å². The molecule has 0 atom stereocenters. The second-order valence-corrected chi connectivity index (χ2v) is 8.76. The number of carbonyl (C=O) groups is 2. The molecular formula is C25H26ClN3O4S. The van der Waals surface area contributed by atoms with Crippen LogP contribution in [-0.4, -0.2) is 48.4 Å². The normalized spacial score (nSPS) is 10.8. The van der Waals surface area contributed by atoms with E-state index in [4.69, 9.17) is 10.5 Å².